The van der Waals surface area contributed by atoms with Gasteiger partial charge in [-0.05, 0) is 75.7 Å². The van der Waals surface area contributed by atoms with Crippen LogP contribution in [0.5, 0.6) is 0 Å². The van der Waals surface area contributed by atoms with E-state index < -0.39 is 10.6 Å². The van der Waals surface area contributed by atoms with Crippen molar-refractivity contribution in [2.75, 3.05) is 0 Å². The van der Waals surface area contributed by atoms with Crippen LogP contribution in [0.25, 0.3) is 0 Å². The molecule has 0 saturated heterocycles. The molecule has 0 aromatic carbocycles. The predicted octanol–water partition coefficient (Wildman–Crippen LogP) is 3.28. The summed E-state index contributed by atoms with van der Waals surface area (Å²) in [5.41, 5.74) is 0. The number of ether oxygens (including phenoxy) is 2. The lowest BCUT2D eigenvalue weighted by Crippen LogP contribution is -2.20. The second-order valence-corrected chi connectivity index (χ2v) is 7.45. The van der Waals surface area contributed by atoms with Gasteiger partial charge in [0, 0.05) is 0 Å². The van der Waals surface area contributed by atoms with E-state index in [-0.39, 0.29) is 21.0 Å². The Kier molecular flexibility index (Phi) is 8.93. The van der Waals surface area contributed by atoms with Crippen molar-refractivity contribution in [1.82, 2.24) is 0 Å². The van der Waals surface area contributed by atoms with E-state index in [9.17, 15) is 4.79 Å². The van der Waals surface area contributed by atoms with Crippen molar-refractivity contribution >= 4 is 62.7 Å². The number of thioether (sulfide) groups is 2. The molecule has 0 amide bonds. The molecule has 0 aromatic heterocycles. The van der Waals surface area contributed by atoms with Gasteiger partial charge < -0.3 is 14.6 Å². The van der Waals surface area contributed by atoms with Gasteiger partial charge >= 0.3 is 5.97 Å². The lowest BCUT2D eigenvalue weighted by atomic mass is 10.5. The smallest absolute Gasteiger partial charge is 0.327 e. The molecule has 4 nitrogen and oxygen atoms in total. The molecule has 0 unspecified atom stereocenters. The highest BCUT2D eigenvalue weighted by Crippen LogP contribution is 2.28. The van der Waals surface area contributed by atoms with E-state index >= 15 is 0 Å². The zero-order valence-electron chi connectivity index (χ0n) is 10.5. The van der Waals surface area contributed by atoms with Gasteiger partial charge in [0.1, 0.15) is 0 Å². The number of thiocarbonyl (C=S) groups is 2. The molecule has 0 aliphatic heterocycles. The lowest BCUT2D eigenvalue weighted by molar-refractivity contribution is -0.134. The molecule has 0 aromatic rings. The van der Waals surface area contributed by atoms with E-state index in [4.69, 9.17) is 39.0 Å². The third-order valence-corrected chi connectivity index (χ3v) is 4.03. The van der Waals surface area contributed by atoms with Gasteiger partial charge in [-0.25, -0.2) is 0 Å². The Morgan fingerprint density at radius 3 is 1.56 bits per heavy atom. The monoisotopic (exact) mass is 328 g/mol. The third kappa shape index (κ3) is 8.96. The molecule has 104 valence electrons. The van der Waals surface area contributed by atoms with Gasteiger partial charge in [-0.1, -0.05) is 0 Å². The standard InChI is InChI=1S/C10H16O4S4/c1-5(2)13-9(15)17-8(7(11)12)18-10(16)14-6(3)4/h5-6,8H,1-4H3,(H,11,12). The highest BCUT2D eigenvalue weighted by Gasteiger charge is 2.25. The first kappa shape index (κ1) is 17.9. The Bertz CT molecular complexity index is 293. The largest absolute Gasteiger partial charge is 0.480 e. The molecule has 0 atom stereocenters. The Morgan fingerprint density at radius 1 is 1.00 bits per heavy atom. The maximum Gasteiger partial charge on any atom is 0.327 e. The number of rotatable bonds is 5. The molecule has 0 aliphatic rings. The third-order valence-electron chi connectivity index (χ3n) is 1.27. The van der Waals surface area contributed by atoms with Crippen LogP contribution < -0.4 is 0 Å². The summed E-state index contributed by atoms with van der Waals surface area (Å²) in [6, 6.07) is 0. The summed E-state index contributed by atoms with van der Waals surface area (Å²) < 4.78 is 9.98. The van der Waals surface area contributed by atoms with Gasteiger partial charge in [0.25, 0.3) is 0 Å². The molecule has 0 rings (SSSR count). The van der Waals surface area contributed by atoms with Gasteiger partial charge in [0.15, 0.2) is 4.58 Å². The van der Waals surface area contributed by atoms with Gasteiger partial charge in [-0.15, -0.1) is 0 Å². The Labute approximate surface area is 126 Å². The van der Waals surface area contributed by atoms with Crippen LogP contribution in [-0.4, -0.2) is 36.6 Å². The fourth-order valence-corrected chi connectivity index (χ4v) is 3.83. The molecule has 0 heterocycles. The van der Waals surface area contributed by atoms with Crippen LogP contribution in [-0.2, 0) is 14.3 Å². The molecule has 0 aliphatic carbocycles. The summed E-state index contributed by atoms with van der Waals surface area (Å²) in [4.78, 5) is 11.1. The Balaban J connectivity index is 4.36. The van der Waals surface area contributed by atoms with Crippen LogP contribution in [0.4, 0.5) is 0 Å². The highest BCUT2D eigenvalue weighted by atomic mass is 32.2. The molecule has 8 heteroatoms. The number of carboxylic acids is 1. The number of hydrogen-bond acceptors (Lipinski definition) is 7. The van der Waals surface area contributed by atoms with E-state index in [0.29, 0.717) is 0 Å². The summed E-state index contributed by atoms with van der Waals surface area (Å²) in [5.74, 6) is -1.02. The lowest BCUT2D eigenvalue weighted by Gasteiger charge is -2.16. The SMILES string of the molecule is CC(C)OC(=S)SC(SC(=S)OC(C)C)C(=O)O. The fourth-order valence-electron chi connectivity index (χ4n) is 0.740. The summed E-state index contributed by atoms with van der Waals surface area (Å²) in [6.07, 6.45) is -0.161. The number of aliphatic carboxylic acids is 1. The molecule has 0 fully saturated rings. The van der Waals surface area contributed by atoms with Crippen molar-refractivity contribution in [2.24, 2.45) is 0 Å². The number of hydrogen-bond donors (Lipinski definition) is 1. The minimum atomic E-state index is -1.02. The average molecular weight is 329 g/mol. The maximum atomic E-state index is 11.1. The quantitative estimate of drug-likeness (QED) is 0.609. The van der Waals surface area contributed by atoms with E-state index in [2.05, 4.69) is 0 Å². The van der Waals surface area contributed by atoms with Crippen molar-refractivity contribution in [3.63, 3.8) is 0 Å². The molecule has 0 spiro atoms. The molecular weight excluding hydrogens is 312 g/mol. The van der Waals surface area contributed by atoms with Crippen LogP contribution in [0.3, 0.4) is 0 Å². The molecule has 1 N–H and O–H groups in total. The van der Waals surface area contributed by atoms with Crippen LogP contribution in [0.2, 0.25) is 0 Å². The van der Waals surface area contributed by atoms with Crippen molar-refractivity contribution in [3.8, 4) is 0 Å². The Morgan fingerprint density at radius 2 is 1.33 bits per heavy atom. The highest BCUT2D eigenvalue weighted by molar-refractivity contribution is 8.36. The number of carboxylic acid groups (broad SMARTS) is 1. The Hall–Kier alpha value is -0.0500. The molecule has 0 radical (unpaired) electrons. The first-order valence-corrected chi connectivity index (χ1v) is 7.77. The van der Waals surface area contributed by atoms with E-state index in [0.717, 1.165) is 23.5 Å². The van der Waals surface area contributed by atoms with Gasteiger partial charge in [-0.3, -0.25) is 4.79 Å². The van der Waals surface area contributed by atoms with Crippen molar-refractivity contribution < 1.29 is 19.4 Å². The normalized spacial score (nSPS) is 10.8. The first-order chi connectivity index (χ1) is 8.22. The maximum absolute atomic E-state index is 11.1. The fraction of sp³-hybridized carbons (Fsp3) is 0.700. The van der Waals surface area contributed by atoms with Crippen molar-refractivity contribution in [1.29, 1.82) is 0 Å². The van der Waals surface area contributed by atoms with Crippen LogP contribution in [0.1, 0.15) is 27.7 Å². The van der Waals surface area contributed by atoms with Crippen LogP contribution in [0.15, 0.2) is 0 Å². The first-order valence-electron chi connectivity index (χ1n) is 5.19. The molecule has 0 bridgehead atoms. The zero-order chi connectivity index (χ0) is 14.3. The minimum absolute atomic E-state index is 0.0803. The summed E-state index contributed by atoms with van der Waals surface area (Å²) in [7, 11) is 0. The van der Waals surface area contributed by atoms with Crippen molar-refractivity contribution in [2.45, 2.75) is 44.5 Å². The van der Waals surface area contributed by atoms with Crippen molar-refractivity contribution in [3.05, 3.63) is 0 Å². The molecule has 18 heavy (non-hydrogen) atoms. The summed E-state index contributed by atoms with van der Waals surface area (Å²) in [5, 5.41) is 9.07. The summed E-state index contributed by atoms with van der Waals surface area (Å²) >= 11 is 11.8. The van der Waals surface area contributed by atoms with E-state index in [1.807, 2.05) is 27.7 Å². The van der Waals surface area contributed by atoms with Gasteiger partial charge in [-0.2, -0.15) is 0 Å². The van der Waals surface area contributed by atoms with Crippen LogP contribution in [0, 0.1) is 0 Å². The van der Waals surface area contributed by atoms with Gasteiger partial charge in [0.05, 0.1) is 12.2 Å². The topological polar surface area (TPSA) is 55.8 Å². The second kappa shape index (κ2) is 8.95. The molecular formula is C10H16O4S4. The van der Waals surface area contributed by atoms with E-state index in [1.165, 1.54) is 0 Å². The zero-order valence-corrected chi connectivity index (χ0v) is 13.8. The minimum Gasteiger partial charge on any atom is -0.480 e. The molecule has 0 saturated carbocycles. The average Bonchev–Trinajstić information content (AvgIpc) is 2.13. The van der Waals surface area contributed by atoms with Crippen LogP contribution >= 0.6 is 48.0 Å². The predicted molar refractivity (Wildman–Crippen MR) is 84.2 cm³/mol. The van der Waals surface area contributed by atoms with Gasteiger partial charge in [0.2, 0.25) is 8.77 Å². The number of carbonyl (C=O) groups is 1. The van der Waals surface area contributed by atoms with E-state index in [1.54, 1.807) is 0 Å². The second-order valence-electron chi connectivity index (χ2n) is 3.74. The summed E-state index contributed by atoms with van der Waals surface area (Å²) in [6.45, 7) is 7.29.